The molecule has 1 fully saturated rings. The normalized spacial score (nSPS) is 31.0. The SMILES string of the molecule is Cc1ccc(C(=O)N2N=C3CC[C@H](C)C[C@H]3[C@]2(O)C(F)(F)F)o1. The summed E-state index contributed by atoms with van der Waals surface area (Å²) in [6, 6.07) is 2.75. The molecule has 0 radical (unpaired) electrons. The Kier molecular flexibility index (Phi) is 3.55. The highest BCUT2D eigenvalue weighted by molar-refractivity contribution is 5.98. The molecule has 1 saturated carbocycles. The van der Waals surface area contributed by atoms with Gasteiger partial charge in [-0.1, -0.05) is 6.92 Å². The number of carbonyl (C=O) groups excluding carboxylic acids is 1. The highest BCUT2D eigenvalue weighted by atomic mass is 19.4. The van der Waals surface area contributed by atoms with Crippen LogP contribution in [0.25, 0.3) is 0 Å². The number of hydrogen-bond acceptors (Lipinski definition) is 4. The highest BCUT2D eigenvalue weighted by Gasteiger charge is 2.69. The predicted molar refractivity (Wildman–Crippen MR) is 74.6 cm³/mol. The molecule has 1 aliphatic heterocycles. The van der Waals surface area contributed by atoms with Crippen molar-refractivity contribution in [3.63, 3.8) is 0 Å². The van der Waals surface area contributed by atoms with Crippen molar-refractivity contribution >= 4 is 11.6 Å². The van der Waals surface area contributed by atoms with E-state index in [9.17, 15) is 23.1 Å². The van der Waals surface area contributed by atoms with Crippen LogP contribution in [0.3, 0.4) is 0 Å². The fraction of sp³-hybridized carbons (Fsp3) is 0.600. The number of hydrazone groups is 1. The number of aryl methyl sites for hydroxylation is 1. The molecule has 3 atom stereocenters. The molecule has 0 aromatic carbocycles. The van der Waals surface area contributed by atoms with Gasteiger partial charge in [0.2, 0.25) is 0 Å². The van der Waals surface area contributed by atoms with Crippen molar-refractivity contribution in [3.8, 4) is 0 Å². The second-order valence-corrected chi connectivity index (χ2v) is 6.27. The zero-order valence-electron chi connectivity index (χ0n) is 12.7. The van der Waals surface area contributed by atoms with Crippen molar-refractivity contribution < 1.29 is 27.5 Å². The first kappa shape index (κ1) is 16.0. The lowest BCUT2D eigenvalue weighted by molar-refractivity contribution is -0.313. The van der Waals surface area contributed by atoms with Crippen molar-refractivity contribution in [2.45, 2.75) is 45.0 Å². The summed E-state index contributed by atoms with van der Waals surface area (Å²) < 4.78 is 46.0. The molecule has 0 saturated heterocycles. The molecule has 2 heterocycles. The van der Waals surface area contributed by atoms with E-state index in [1.54, 1.807) is 6.92 Å². The van der Waals surface area contributed by atoms with E-state index in [0.29, 0.717) is 18.6 Å². The van der Waals surface area contributed by atoms with Gasteiger partial charge < -0.3 is 9.52 Å². The van der Waals surface area contributed by atoms with E-state index < -0.39 is 23.7 Å². The molecule has 5 nitrogen and oxygen atoms in total. The monoisotopic (exact) mass is 330 g/mol. The summed E-state index contributed by atoms with van der Waals surface area (Å²) in [4.78, 5) is 12.4. The minimum atomic E-state index is -5.02. The summed E-state index contributed by atoms with van der Waals surface area (Å²) in [6.07, 6.45) is -3.86. The van der Waals surface area contributed by atoms with E-state index in [1.165, 1.54) is 12.1 Å². The van der Waals surface area contributed by atoms with E-state index >= 15 is 0 Å². The second-order valence-electron chi connectivity index (χ2n) is 6.27. The molecular formula is C15H17F3N2O3. The van der Waals surface area contributed by atoms with Crippen LogP contribution in [0.2, 0.25) is 0 Å². The van der Waals surface area contributed by atoms with Gasteiger partial charge in [0, 0.05) is 5.71 Å². The van der Waals surface area contributed by atoms with Crippen molar-refractivity contribution in [1.82, 2.24) is 5.01 Å². The first-order valence-corrected chi connectivity index (χ1v) is 7.42. The number of amides is 1. The first-order chi connectivity index (χ1) is 10.6. The van der Waals surface area contributed by atoms with E-state index in [2.05, 4.69) is 5.10 Å². The van der Waals surface area contributed by atoms with Crippen LogP contribution in [-0.2, 0) is 0 Å². The minimum Gasteiger partial charge on any atom is -0.456 e. The van der Waals surface area contributed by atoms with Crippen LogP contribution < -0.4 is 0 Å². The Morgan fingerprint density at radius 1 is 1.48 bits per heavy atom. The average Bonchev–Trinajstić information content (AvgIpc) is 3.01. The van der Waals surface area contributed by atoms with Crippen LogP contribution in [0.15, 0.2) is 21.7 Å². The van der Waals surface area contributed by atoms with Gasteiger partial charge >= 0.3 is 12.1 Å². The lowest BCUT2D eigenvalue weighted by Gasteiger charge is -2.39. The summed E-state index contributed by atoms with van der Waals surface area (Å²) in [5.74, 6) is -2.18. The molecule has 1 N–H and O–H groups in total. The quantitative estimate of drug-likeness (QED) is 0.860. The Morgan fingerprint density at radius 2 is 2.17 bits per heavy atom. The maximum atomic E-state index is 13.6. The van der Waals surface area contributed by atoms with Gasteiger partial charge in [-0.15, -0.1) is 0 Å². The van der Waals surface area contributed by atoms with Crippen LogP contribution in [0.5, 0.6) is 0 Å². The van der Waals surface area contributed by atoms with Crippen LogP contribution in [0.4, 0.5) is 13.2 Å². The number of alkyl halides is 3. The number of aliphatic hydroxyl groups is 1. The molecule has 0 spiro atoms. The van der Waals surface area contributed by atoms with E-state index in [-0.39, 0.29) is 28.8 Å². The number of rotatable bonds is 1. The van der Waals surface area contributed by atoms with Crippen molar-refractivity contribution in [3.05, 3.63) is 23.7 Å². The standard InChI is InChI=1S/C15H17F3N2O3/c1-8-3-5-11-10(7-8)14(22,15(16,17)18)20(19-11)13(21)12-6-4-9(2)23-12/h4,6,8,10,22H,3,5,7H2,1-2H3/t8-,10+,14-/m0/s1. The molecule has 0 bridgehead atoms. The van der Waals surface area contributed by atoms with Gasteiger partial charge in [-0.25, -0.2) is 0 Å². The molecule has 0 unspecified atom stereocenters. The van der Waals surface area contributed by atoms with Crippen molar-refractivity contribution in [2.24, 2.45) is 16.9 Å². The Bertz CT molecular complexity index is 667. The average molecular weight is 330 g/mol. The molecular weight excluding hydrogens is 313 g/mol. The molecule has 23 heavy (non-hydrogen) atoms. The number of nitrogens with zero attached hydrogens (tertiary/aromatic N) is 2. The maximum Gasteiger partial charge on any atom is 0.439 e. The van der Waals surface area contributed by atoms with E-state index in [4.69, 9.17) is 4.42 Å². The fourth-order valence-electron chi connectivity index (χ4n) is 3.27. The third kappa shape index (κ3) is 2.36. The Balaban J connectivity index is 2.03. The molecule has 2 aliphatic rings. The zero-order valence-corrected chi connectivity index (χ0v) is 12.7. The van der Waals surface area contributed by atoms with Gasteiger partial charge in [-0.2, -0.15) is 23.3 Å². The Hall–Kier alpha value is -1.83. The van der Waals surface area contributed by atoms with Gasteiger partial charge in [0.1, 0.15) is 5.76 Å². The summed E-state index contributed by atoms with van der Waals surface area (Å²) in [6.45, 7) is 3.40. The number of hydrogen-bond donors (Lipinski definition) is 1. The van der Waals surface area contributed by atoms with Crippen LogP contribution in [-0.4, -0.2) is 33.6 Å². The molecule has 1 aromatic heterocycles. The smallest absolute Gasteiger partial charge is 0.439 e. The number of carbonyl (C=O) groups is 1. The predicted octanol–water partition coefficient (Wildman–Crippen LogP) is 3.09. The summed E-state index contributed by atoms with van der Waals surface area (Å²) in [7, 11) is 0. The molecule has 126 valence electrons. The van der Waals surface area contributed by atoms with Gasteiger partial charge in [0.05, 0.1) is 5.92 Å². The second kappa shape index (κ2) is 5.09. The van der Waals surface area contributed by atoms with Gasteiger partial charge in [-0.05, 0) is 44.2 Å². The van der Waals surface area contributed by atoms with Crippen molar-refractivity contribution in [2.75, 3.05) is 0 Å². The molecule has 8 heteroatoms. The lowest BCUT2D eigenvalue weighted by atomic mass is 9.76. The van der Waals surface area contributed by atoms with Gasteiger partial charge in [0.15, 0.2) is 5.76 Å². The summed E-state index contributed by atoms with van der Waals surface area (Å²) in [5, 5.41) is 14.4. The highest BCUT2D eigenvalue weighted by Crippen LogP contribution is 2.49. The third-order valence-corrected chi connectivity index (χ3v) is 4.53. The Labute approximate surface area is 130 Å². The van der Waals surface area contributed by atoms with Crippen LogP contribution in [0.1, 0.15) is 42.5 Å². The largest absolute Gasteiger partial charge is 0.456 e. The number of halogens is 3. The van der Waals surface area contributed by atoms with Gasteiger partial charge in [-0.3, -0.25) is 4.79 Å². The molecule has 1 aromatic rings. The summed E-state index contributed by atoms with van der Waals surface area (Å²) in [5.41, 5.74) is -3.10. The first-order valence-electron chi connectivity index (χ1n) is 7.42. The maximum absolute atomic E-state index is 13.6. The lowest BCUT2D eigenvalue weighted by Crippen LogP contribution is -2.61. The van der Waals surface area contributed by atoms with Gasteiger partial charge in [0.25, 0.3) is 5.72 Å². The molecule has 1 amide bonds. The summed E-state index contributed by atoms with van der Waals surface area (Å²) >= 11 is 0. The number of furan rings is 1. The number of fused-ring (bicyclic) bond motifs is 1. The van der Waals surface area contributed by atoms with E-state index in [1.807, 2.05) is 6.92 Å². The van der Waals surface area contributed by atoms with Crippen molar-refractivity contribution in [1.29, 1.82) is 0 Å². The zero-order chi connectivity index (χ0) is 17.0. The van der Waals surface area contributed by atoms with E-state index in [0.717, 1.165) is 0 Å². The third-order valence-electron chi connectivity index (χ3n) is 4.53. The van der Waals surface area contributed by atoms with Crippen LogP contribution in [0, 0.1) is 18.8 Å². The fourth-order valence-corrected chi connectivity index (χ4v) is 3.27. The molecule has 1 aliphatic carbocycles. The Morgan fingerprint density at radius 3 is 2.74 bits per heavy atom. The van der Waals surface area contributed by atoms with Crippen LogP contribution >= 0.6 is 0 Å². The molecule has 3 rings (SSSR count). The topological polar surface area (TPSA) is 66.0 Å². The minimum absolute atomic E-state index is 0.0220.